The predicted octanol–water partition coefficient (Wildman–Crippen LogP) is 6.08. The molecule has 0 aliphatic rings. The zero-order chi connectivity index (χ0) is 29.4. The number of para-hydroxylation sites is 1. The molecule has 3 aromatic carbocycles. The Bertz CT molecular complexity index is 1410. The summed E-state index contributed by atoms with van der Waals surface area (Å²) >= 11 is 12.9. The Labute approximate surface area is 247 Å². The maximum absolute atomic E-state index is 14.2. The number of anilines is 1. The van der Waals surface area contributed by atoms with Crippen LogP contribution in [0.2, 0.25) is 10.0 Å². The monoisotopic (exact) mass is 603 g/mol. The van der Waals surface area contributed by atoms with Crippen LogP contribution in [0.5, 0.6) is 0 Å². The van der Waals surface area contributed by atoms with E-state index in [0.717, 1.165) is 9.87 Å². The van der Waals surface area contributed by atoms with E-state index in [4.69, 9.17) is 23.2 Å². The second-order valence-corrected chi connectivity index (χ2v) is 12.3. The third-order valence-electron chi connectivity index (χ3n) is 6.46. The highest BCUT2D eigenvalue weighted by molar-refractivity contribution is 7.92. The topological polar surface area (TPSA) is 86.8 Å². The molecule has 0 unspecified atom stereocenters. The van der Waals surface area contributed by atoms with Gasteiger partial charge in [0.15, 0.2) is 0 Å². The number of carbonyl (C=O) groups excluding carboxylic acids is 2. The molecule has 3 rings (SSSR count). The van der Waals surface area contributed by atoms with Crippen LogP contribution in [0.15, 0.2) is 77.7 Å². The third kappa shape index (κ3) is 7.36. The molecule has 0 bridgehead atoms. The van der Waals surface area contributed by atoms with Gasteiger partial charge in [0.2, 0.25) is 11.8 Å². The summed E-state index contributed by atoms with van der Waals surface area (Å²) in [5.74, 6) is -0.910. The fourth-order valence-electron chi connectivity index (χ4n) is 4.44. The first-order valence-electron chi connectivity index (χ1n) is 13.2. The van der Waals surface area contributed by atoms with Gasteiger partial charge in [-0.2, -0.15) is 0 Å². The second-order valence-electron chi connectivity index (χ2n) is 9.62. The van der Waals surface area contributed by atoms with Crippen LogP contribution in [0.25, 0.3) is 0 Å². The Morgan fingerprint density at radius 1 is 0.875 bits per heavy atom. The van der Waals surface area contributed by atoms with E-state index >= 15 is 0 Å². The summed E-state index contributed by atoms with van der Waals surface area (Å²) in [6.07, 6.45) is 0.849. The van der Waals surface area contributed by atoms with Crippen LogP contribution in [0, 0.1) is 0 Å². The molecular formula is C30H35Cl2N3O4S. The highest BCUT2D eigenvalue weighted by atomic mass is 35.5. The molecule has 40 heavy (non-hydrogen) atoms. The molecule has 0 radical (unpaired) electrons. The van der Waals surface area contributed by atoms with Crippen molar-refractivity contribution in [2.45, 2.75) is 64.1 Å². The molecule has 3 aromatic rings. The molecule has 0 aliphatic carbocycles. The normalized spacial score (nSPS) is 12.2. The van der Waals surface area contributed by atoms with E-state index in [2.05, 4.69) is 5.32 Å². The van der Waals surface area contributed by atoms with Crippen molar-refractivity contribution in [1.82, 2.24) is 10.2 Å². The number of benzene rings is 3. The first-order valence-corrected chi connectivity index (χ1v) is 15.4. The maximum atomic E-state index is 14.2. The lowest BCUT2D eigenvalue weighted by molar-refractivity contribution is -0.140. The summed E-state index contributed by atoms with van der Waals surface area (Å²) < 4.78 is 29.1. The Balaban J connectivity index is 2.13. The number of sulfonamides is 1. The van der Waals surface area contributed by atoms with Crippen LogP contribution in [-0.4, -0.2) is 43.8 Å². The van der Waals surface area contributed by atoms with E-state index in [1.165, 1.54) is 17.0 Å². The van der Waals surface area contributed by atoms with Gasteiger partial charge in [-0.15, -0.1) is 0 Å². The number of hydrogen-bond donors (Lipinski definition) is 1. The molecule has 2 amide bonds. The summed E-state index contributed by atoms with van der Waals surface area (Å²) in [6, 6.07) is 19.0. The van der Waals surface area contributed by atoms with E-state index in [1.807, 2.05) is 32.9 Å². The Hall–Kier alpha value is -3.07. The van der Waals surface area contributed by atoms with Crippen LogP contribution in [0.4, 0.5) is 5.69 Å². The molecule has 0 aromatic heterocycles. The van der Waals surface area contributed by atoms with Crippen molar-refractivity contribution in [2.24, 2.45) is 0 Å². The van der Waals surface area contributed by atoms with Gasteiger partial charge in [0.05, 0.1) is 10.6 Å². The van der Waals surface area contributed by atoms with Gasteiger partial charge in [-0.25, -0.2) is 8.42 Å². The molecule has 0 saturated heterocycles. The van der Waals surface area contributed by atoms with Gasteiger partial charge in [-0.1, -0.05) is 79.5 Å². The minimum absolute atomic E-state index is 0.0546. The van der Waals surface area contributed by atoms with Crippen LogP contribution in [-0.2, 0) is 32.6 Å². The van der Waals surface area contributed by atoms with Gasteiger partial charge in [-0.05, 0) is 62.6 Å². The van der Waals surface area contributed by atoms with E-state index in [0.29, 0.717) is 34.1 Å². The molecule has 0 aliphatic heterocycles. The van der Waals surface area contributed by atoms with E-state index < -0.39 is 28.5 Å². The number of rotatable bonds is 12. The van der Waals surface area contributed by atoms with Gasteiger partial charge in [0.25, 0.3) is 10.0 Å². The number of aryl methyl sites for hydroxylation is 1. The highest BCUT2D eigenvalue weighted by Gasteiger charge is 2.35. The number of nitrogens with zero attached hydrogens (tertiary/aromatic N) is 2. The van der Waals surface area contributed by atoms with E-state index in [1.54, 1.807) is 55.5 Å². The van der Waals surface area contributed by atoms with Crippen LogP contribution < -0.4 is 9.62 Å². The zero-order valence-corrected chi connectivity index (χ0v) is 25.4. The quantitative estimate of drug-likeness (QED) is 0.272. The lowest BCUT2D eigenvalue weighted by Gasteiger charge is -2.34. The van der Waals surface area contributed by atoms with Crippen LogP contribution >= 0.6 is 23.2 Å². The fourth-order valence-corrected chi connectivity index (χ4v) is 6.43. The molecule has 10 heteroatoms. The number of halogens is 2. The zero-order valence-electron chi connectivity index (χ0n) is 23.1. The molecule has 7 nitrogen and oxygen atoms in total. The summed E-state index contributed by atoms with van der Waals surface area (Å²) in [5.41, 5.74) is 1.64. The molecule has 0 saturated carbocycles. The summed E-state index contributed by atoms with van der Waals surface area (Å²) in [4.78, 5) is 28.9. The number of nitrogens with one attached hydrogen (secondary N) is 1. The molecule has 0 spiro atoms. The Kier molecular flexibility index (Phi) is 11.0. The molecule has 214 valence electrons. The number of amides is 2. The Morgan fingerprint density at radius 2 is 1.48 bits per heavy atom. The summed E-state index contributed by atoms with van der Waals surface area (Å²) in [7, 11) is -4.14. The first kappa shape index (κ1) is 31.5. The predicted molar refractivity (Wildman–Crippen MR) is 161 cm³/mol. The number of carbonyl (C=O) groups is 2. The second kappa shape index (κ2) is 14.0. The van der Waals surface area contributed by atoms with Crippen LogP contribution in [0.1, 0.15) is 45.2 Å². The van der Waals surface area contributed by atoms with E-state index in [-0.39, 0.29) is 23.4 Å². The lowest BCUT2D eigenvalue weighted by Crippen LogP contribution is -2.53. The Morgan fingerprint density at radius 3 is 2.05 bits per heavy atom. The van der Waals surface area contributed by atoms with Crippen molar-refractivity contribution in [2.75, 3.05) is 10.8 Å². The minimum atomic E-state index is -4.14. The average molecular weight is 605 g/mol. The fraction of sp³-hybridized carbons (Fsp3) is 0.333. The molecule has 1 N–H and O–H groups in total. The SMILES string of the molecule is CCc1ccccc1N(CC(=O)N(Cc1c(Cl)cccc1Cl)[C@H](CC)C(=O)NC(C)C)S(=O)(=O)c1ccccc1. The highest BCUT2D eigenvalue weighted by Crippen LogP contribution is 2.30. The molecular weight excluding hydrogens is 569 g/mol. The first-order chi connectivity index (χ1) is 19.0. The molecule has 1 atom stereocenters. The summed E-state index contributed by atoms with van der Waals surface area (Å²) in [5, 5.41) is 3.56. The smallest absolute Gasteiger partial charge is 0.264 e. The van der Waals surface area contributed by atoms with Crippen molar-refractivity contribution in [3.63, 3.8) is 0 Å². The maximum Gasteiger partial charge on any atom is 0.264 e. The summed E-state index contributed by atoms with van der Waals surface area (Å²) in [6.45, 7) is 6.78. The van der Waals surface area contributed by atoms with Gasteiger partial charge in [0, 0.05) is 28.2 Å². The minimum Gasteiger partial charge on any atom is -0.352 e. The van der Waals surface area contributed by atoms with E-state index in [9.17, 15) is 18.0 Å². The molecule has 0 heterocycles. The third-order valence-corrected chi connectivity index (χ3v) is 8.94. The van der Waals surface area contributed by atoms with Crippen molar-refractivity contribution in [1.29, 1.82) is 0 Å². The van der Waals surface area contributed by atoms with Gasteiger partial charge in [0.1, 0.15) is 12.6 Å². The van der Waals surface area contributed by atoms with Crippen molar-refractivity contribution < 1.29 is 18.0 Å². The van der Waals surface area contributed by atoms with Gasteiger partial charge < -0.3 is 10.2 Å². The van der Waals surface area contributed by atoms with Gasteiger partial charge in [-0.3, -0.25) is 13.9 Å². The van der Waals surface area contributed by atoms with Crippen molar-refractivity contribution in [3.8, 4) is 0 Å². The number of hydrogen-bond acceptors (Lipinski definition) is 4. The van der Waals surface area contributed by atoms with Crippen molar-refractivity contribution in [3.05, 3.63) is 94.0 Å². The van der Waals surface area contributed by atoms with Crippen molar-refractivity contribution >= 4 is 50.7 Å². The molecule has 0 fully saturated rings. The largest absolute Gasteiger partial charge is 0.352 e. The lowest BCUT2D eigenvalue weighted by atomic mass is 10.1. The standard InChI is InChI=1S/C30H35Cl2N3O4S/c1-5-22-13-10-11-18-28(22)35(40(38,39)23-14-8-7-9-15-23)20-29(36)34(27(6-2)30(37)33-21(3)4)19-24-25(31)16-12-17-26(24)32/h7-18,21,27H,5-6,19-20H2,1-4H3,(H,33,37)/t27-/m1/s1. The van der Waals surface area contributed by atoms with Crippen LogP contribution in [0.3, 0.4) is 0 Å². The van der Waals surface area contributed by atoms with Gasteiger partial charge >= 0.3 is 0 Å². The average Bonchev–Trinajstić information content (AvgIpc) is 2.93.